The summed E-state index contributed by atoms with van der Waals surface area (Å²) in [6, 6.07) is 3.95. The van der Waals surface area contributed by atoms with Crippen LogP contribution in [0.1, 0.15) is 27.2 Å². The van der Waals surface area contributed by atoms with Gasteiger partial charge in [-0.1, -0.05) is 0 Å². The van der Waals surface area contributed by atoms with E-state index in [4.69, 9.17) is 4.74 Å². The molecule has 0 aromatic carbocycles. The van der Waals surface area contributed by atoms with Crippen LogP contribution in [-0.2, 0) is 4.74 Å². The number of hydrogen-bond donors (Lipinski definition) is 1. The highest BCUT2D eigenvalue weighted by molar-refractivity contribution is 7.15. The van der Waals surface area contributed by atoms with Crippen molar-refractivity contribution in [2.75, 3.05) is 19.8 Å². The molecule has 1 aliphatic rings. The lowest BCUT2D eigenvalue weighted by molar-refractivity contribution is 0.0945. The molecule has 1 saturated heterocycles. The van der Waals surface area contributed by atoms with Gasteiger partial charge in [0, 0.05) is 36.3 Å². The second kappa shape index (κ2) is 6.03. The molecule has 1 N–H and O–H groups in total. The lowest BCUT2D eigenvalue weighted by Crippen LogP contribution is -2.30. The van der Waals surface area contributed by atoms with Crippen molar-refractivity contribution in [3.05, 3.63) is 40.5 Å². The lowest BCUT2D eigenvalue weighted by atomic mass is 10.1. The van der Waals surface area contributed by atoms with E-state index in [2.05, 4.69) is 12.2 Å². The number of hydrogen-bond acceptors (Lipinski definition) is 3. The molecule has 0 radical (unpaired) electrons. The highest BCUT2D eigenvalue weighted by Crippen LogP contribution is 2.31. The number of aromatic nitrogens is 1. The molecule has 3 heterocycles. The molecule has 21 heavy (non-hydrogen) atoms. The van der Waals surface area contributed by atoms with Crippen LogP contribution in [0.15, 0.2) is 24.5 Å². The summed E-state index contributed by atoms with van der Waals surface area (Å²) in [4.78, 5) is 13.8. The summed E-state index contributed by atoms with van der Waals surface area (Å²) in [7, 11) is 0. The Bertz CT molecular complexity index is 625. The molecule has 2 aromatic heterocycles. The molecule has 0 spiro atoms. The van der Waals surface area contributed by atoms with Gasteiger partial charge in [-0.2, -0.15) is 0 Å². The standard InChI is InChI=1S/C16H20N2O2S/c1-11-12(2)21-16(18-6-3-4-7-18)14(11)15(19)17-9-13-5-8-20-10-13/h3-4,6-7,13H,5,8-10H2,1-2H3,(H,17,19)/t13-/m1/s1. The number of carbonyl (C=O) groups excluding carboxylic acids is 1. The van der Waals surface area contributed by atoms with Crippen molar-refractivity contribution in [1.82, 2.24) is 9.88 Å². The average molecular weight is 304 g/mol. The first-order valence-electron chi connectivity index (χ1n) is 7.26. The molecular formula is C16H20N2O2S. The normalized spacial score (nSPS) is 18.1. The second-order valence-corrected chi connectivity index (χ2v) is 6.70. The SMILES string of the molecule is Cc1sc(-n2cccc2)c(C(=O)NC[C@H]2CCOC2)c1C. The van der Waals surface area contributed by atoms with Crippen LogP contribution in [0.3, 0.4) is 0 Å². The Morgan fingerprint density at radius 2 is 2.19 bits per heavy atom. The summed E-state index contributed by atoms with van der Waals surface area (Å²) < 4.78 is 7.36. The van der Waals surface area contributed by atoms with Gasteiger partial charge < -0.3 is 14.6 Å². The maximum atomic E-state index is 12.6. The van der Waals surface area contributed by atoms with Gasteiger partial charge >= 0.3 is 0 Å². The highest BCUT2D eigenvalue weighted by atomic mass is 32.1. The summed E-state index contributed by atoms with van der Waals surface area (Å²) in [5, 5.41) is 4.07. The summed E-state index contributed by atoms with van der Waals surface area (Å²) in [6.07, 6.45) is 4.99. The van der Waals surface area contributed by atoms with E-state index < -0.39 is 0 Å². The molecule has 0 saturated carbocycles. The molecule has 1 amide bonds. The maximum Gasteiger partial charge on any atom is 0.254 e. The number of amides is 1. The van der Waals surface area contributed by atoms with E-state index in [9.17, 15) is 4.79 Å². The minimum Gasteiger partial charge on any atom is -0.381 e. The zero-order valence-electron chi connectivity index (χ0n) is 12.4. The van der Waals surface area contributed by atoms with Crippen LogP contribution < -0.4 is 5.32 Å². The summed E-state index contributed by atoms with van der Waals surface area (Å²) in [5.41, 5.74) is 1.87. The second-order valence-electron chi connectivity index (χ2n) is 5.49. The van der Waals surface area contributed by atoms with Crippen LogP contribution in [-0.4, -0.2) is 30.2 Å². The Kier molecular flexibility index (Phi) is 4.12. The molecule has 0 unspecified atom stereocenters. The third-order valence-corrected chi connectivity index (χ3v) is 5.23. The summed E-state index contributed by atoms with van der Waals surface area (Å²) in [6.45, 7) is 6.34. The van der Waals surface area contributed by atoms with E-state index in [1.807, 2.05) is 36.0 Å². The van der Waals surface area contributed by atoms with Gasteiger partial charge in [0.2, 0.25) is 0 Å². The minimum absolute atomic E-state index is 0.0208. The van der Waals surface area contributed by atoms with Gasteiger partial charge in [0.15, 0.2) is 0 Å². The molecule has 4 nitrogen and oxygen atoms in total. The smallest absolute Gasteiger partial charge is 0.254 e. The predicted octanol–water partition coefficient (Wildman–Crippen LogP) is 2.92. The lowest BCUT2D eigenvalue weighted by Gasteiger charge is -2.11. The van der Waals surface area contributed by atoms with E-state index in [1.165, 1.54) is 4.88 Å². The number of thiophene rings is 1. The predicted molar refractivity (Wildman–Crippen MR) is 84.4 cm³/mol. The summed E-state index contributed by atoms with van der Waals surface area (Å²) >= 11 is 1.66. The van der Waals surface area contributed by atoms with Crippen molar-refractivity contribution in [2.24, 2.45) is 5.92 Å². The highest BCUT2D eigenvalue weighted by Gasteiger charge is 2.22. The molecule has 1 aliphatic heterocycles. The minimum atomic E-state index is 0.0208. The van der Waals surface area contributed by atoms with Crippen LogP contribution in [0.5, 0.6) is 0 Å². The summed E-state index contributed by atoms with van der Waals surface area (Å²) in [5.74, 6) is 0.469. The molecule has 0 aliphatic carbocycles. The van der Waals surface area contributed by atoms with Gasteiger partial charge in [0.1, 0.15) is 5.00 Å². The van der Waals surface area contributed by atoms with Crippen molar-refractivity contribution in [2.45, 2.75) is 20.3 Å². The fourth-order valence-corrected chi connectivity index (χ4v) is 3.72. The zero-order valence-corrected chi connectivity index (χ0v) is 13.2. The van der Waals surface area contributed by atoms with Gasteiger partial charge in [-0.05, 0) is 38.0 Å². The third kappa shape index (κ3) is 2.89. The Balaban J connectivity index is 1.81. The van der Waals surface area contributed by atoms with Gasteiger partial charge in [-0.3, -0.25) is 4.79 Å². The largest absolute Gasteiger partial charge is 0.381 e. The van der Waals surface area contributed by atoms with Crippen LogP contribution in [0.25, 0.3) is 5.00 Å². The number of aryl methyl sites for hydroxylation is 1. The molecule has 112 valence electrons. The fourth-order valence-electron chi connectivity index (χ4n) is 2.60. The van der Waals surface area contributed by atoms with E-state index >= 15 is 0 Å². The molecule has 3 rings (SSSR count). The number of rotatable bonds is 4. The number of nitrogens with zero attached hydrogens (tertiary/aromatic N) is 1. The monoisotopic (exact) mass is 304 g/mol. The first-order chi connectivity index (χ1) is 10.2. The van der Waals surface area contributed by atoms with Crippen LogP contribution >= 0.6 is 11.3 Å². The van der Waals surface area contributed by atoms with Crippen molar-refractivity contribution >= 4 is 17.2 Å². The Hall–Kier alpha value is -1.59. The van der Waals surface area contributed by atoms with E-state index in [0.717, 1.165) is 35.8 Å². The van der Waals surface area contributed by atoms with Gasteiger partial charge in [0.25, 0.3) is 5.91 Å². The quantitative estimate of drug-likeness (QED) is 0.944. The van der Waals surface area contributed by atoms with Crippen LogP contribution in [0.4, 0.5) is 0 Å². The topological polar surface area (TPSA) is 43.3 Å². The van der Waals surface area contributed by atoms with Crippen LogP contribution in [0.2, 0.25) is 0 Å². The Morgan fingerprint density at radius 1 is 1.43 bits per heavy atom. The maximum absolute atomic E-state index is 12.6. The van der Waals surface area contributed by atoms with Crippen molar-refractivity contribution in [3.63, 3.8) is 0 Å². The zero-order chi connectivity index (χ0) is 14.8. The van der Waals surface area contributed by atoms with Gasteiger partial charge in [-0.25, -0.2) is 0 Å². The number of carbonyl (C=O) groups is 1. The average Bonchev–Trinajstić information content (AvgIpc) is 3.19. The van der Waals surface area contributed by atoms with Gasteiger partial charge in [-0.15, -0.1) is 11.3 Å². The molecule has 5 heteroatoms. The molecule has 1 atom stereocenters. The first kappa shape index (κ1) is 14.4. The van der Waals surface area contributed by atoms with Crippen LogP contribution in [0, 0.1) is 19.8 Å². The fraction of sp³-hybridized carbons (Fsp3) is 0.438. The molecule has 2 aromatic rings. The van der Waals surface area contributed by atoms with Gasteiger partial charge in [0.05, 0.1) is 12.2 Å². The van der Waals surface area contributed by atoms with E-state index in [1.54, 1.807) is 11.3 Å². The van der Waals surface area contributed by atoms with Crippen molar-refractivity contribution < 1.29 is 9.53 Å². The number of nitrogens with one attached hydrogen (secondary N) is 1. The first-order valence-corrected chi connectivity index (χ1v) is 8.07. The molecule has 1 fully saturated rings. The number of ether oxygens (including phenoxy) is 1. The molecular weight excluding hydrogens is 284 g/mol. The molecule has 0 bridgehead atoms. The third-order valence-electron chi connectivity index (χ3n) is 4.01. The Labute approximate surface area is 128 Å². The van der Waals surface area contributed by atoms with Crippen molar-refractivity contribution in [1.29, 1.82) is 0 Å². The van der Waals surface area contributed by atoms with E-state index in [0.29, 0.717) is 12.5 Å². The Morgan fingerprint density at radius 3 is 2.86 bits per heavy atom. The van der Waals surface area contributed by atoms with Crippen molar-refractivity contribution in [3.8, 4) is 5.00 Å². The van der Waals surface area contributed by atoms with E-state index in [-0.39, 0.29) is 5.91 Å².